The average molecular weight is 368 g/mol. The highest BCUT2D eigenvalue weighted by Crippen LogP contribution is 2.18. The van der Waals surface area contributed by atoms with Gasteiger partial charge in [0.15, 0.2) is 5.96 Å². The Morgan fingerprint density at radius 1 is 1.15 bits per heavy atom. The van der Waals surface area contributed by atoms with E-state index in [1.54, 1.807) is 0 Å². The zero-order valence-electron chi connectivity index (χ0n) is 16.8. The molecule has 0 amide bonds. The maximum atomic E-state index is 6.09. The molecule has 3 fully saturated rings. The van der Waals surface area contributed by atoms with Crippen molar-refractivity contribution >= 4 is 5.96 Å². The van der Waals surface area contributed by atoms with Crippen molar-refractivity contribution in [2.45, 2.75) is 43.9 Å². The van der Waals surface area contributed by atoms with Gasteiger partial charge in [0.2, 0.25) is 0 Å². The summed E-state index contributed by atoms with van der Waals surface area (Å²) in [5, 5.41) is 3.60. The van der Waals surface area contributed by atoms with Gasteiger partial charge in [-0.2, -0.15) is 0 Å². The number of rotatable bonds is 5. The molecule has 3 aliphatic heterocycles. The highest BCUT2D eigenvalue weighted by Gasteiger charge is 2.26. The second-order valence-electron chi connectivity index (χ2n) is 7.98. The summed E-state index contributed by atoms with van der Waals surface area (Å²) in [4.78, 5) is 11.7. The van der Waals surface area contributed by atoms with Crippen LogP contribution in [-0.4, -0.2) is 113 Å². The monoisotopic (exact) mass is 367 g/mol. The zero-order chi connectivity index (χ0) is 18.4. The molecule has 0 aromatic carbocycles. The van der Waals surface area contributed by atoms with E-state index in [0.717, 1.165) is 77.7 Å². The number of piperidine rings is 1. The number of ether oxygens (including phenoxy) is 2. The van der Waals surface area contributed by atoms with E-state index in [0.29, 0.717) is 18.2 Å². The summed E-state index contributed by atoms with van der Waals surface area (Å²) in [6, 6.07) is 0.540. The standard InChI is InChI=1S/C19H37N5O2/c1-20-19(21-13-16-14-22(2)10-11-23(16)3)24-8-6-17(7-9-24)26-15-18-5-4-12-25-18/h16-18H,4-15H2,1-3H3,(H,20,21). The molecule has 0 spiro atoms. The van der Waals surface area contributed by atoms with Gasteiger partial charge < -0.3 is 24.6 Å². The van der Waals surface area contributed by atoms with Crippen LogP contribution in [0.2, 0.25) is 0 Å². The van der Waals surface area contributed by atoms with Crippen LogP contribution in [0.15, 0.2) is 4.99 Å². The van der Waals surface area contributed by atoms with Crippen LogP contribution in [-0.2, 0) is 9.47 Å². The van der Waals surface area contributed by atoms with Gasteiger partial charge >= 0.3 is 0 Å². The fourth-order valence-corrected chi connectivity index (χ4v) is 4.12. The molecule has 0 aromatic heterocycles. The van der Waals surface area contributed by atoms with Crippen LogP contribution in [0.25, 0.3) is 0 Å². The Labute approximate surface area is 158 Å². The normalized spacial score (nSPS) is 30.1. The molecular weight excluding hydrogens is 330 g/mol. The number of likely N-dealkylation sites (tertiary alicyclic amines) is 1. The van der Waals surface area contributed by atoms with Crippen LogP contribution in [0, 0.1) is 0 Å². The molecular formula is C19H37N5O2. The zero-order valence-corrected chi connectivity index (χ0v) is 16.8. The lowest BCUT2D eigenvalue weighted by Gasteiger charge is -2.39. The first kappa shape index (κ1) is 19.9. The quantitative estimate of drug-likeness (QED) is 0.563. The maximum Gasteiger partial charge on any atom is 0.193 e. The number of aliphatic imine (C=N–C) groups is 1. The number of piperazine rings is 1. The molecule has 26 heavy (non-hydrogen) atoms. The van der Waals surface area contributed by atoms with Crippen LogP contribution >= 0.6 is 0 Å². The maximum absolute atomic E-state index is 6.09. The predicted molar refractivity (Wildman–Crippen MR) is 105 cm³/mol. The number of likely N-dealkylation sites (N-methyl/N-ethyl adjacent to an activating group) is 2. The molecule has 2 atom stereocenters. The molecule has 0 aliphatic carbocycles. The molecule has 0 radical (unpaired) electrons. The number of nitrogens with one attached hydrogen (secondary N) is 1. The van der Waals surface area contributed by atoms with Gasteiger partial charge in [-0.1, -0.05) is 0 Å². The number of guanidine groups is 1. The highest BCUT2D eigenvalue weighted by atomic mass is 16.5. The predicted octanol–water partition coefficient (Wildman–Crippen LogP) is 0.468. The van der Waals surface area contributed by atoms with Crippen LogP contribution in [0.5, 0.6) is 0 Å². The van der Waals surface area contributed by atoms with Crippen molar-refractivity contribution in [1.82, 2.24) is 20.0 Å². The largest absolute Gasteiger partial charge is 0.376 e. The molecule has 3 rings (SSSR count). The SMILES string of the molecule is CN=C(NCC1CN(C)CCN1C)N1CCC(OCC2CCCO2)CC1. The summed E-state index contributed by atoms with van der Waals surface area (Å²) in [5.41, 5.74) is 0. The van der Waals surface area contributed by atoms with Crippen molar-refractivity contribution in [3.8, 4) is 0 Å². The molecule has 3 aliphatic rings. The van der Waals surface area contributed by atoms with Crippen LogP contribution in [0.3, 0.4) is 0 Å². The van der Waals surface area contributed by atoms with Crippen molar-refractivity contribution < 1.29 is 9.47 Å². The van der Waals surface area contributed by atoms with Gasteiger partial charge in [-0.25, -0.2) is 0 Å². The second-order valence-corrected chi connectivity index (χ2v) is 7.98. The molecule has 1 N–H and O–H groups in total. The summed E-state index contributed by atoms with van der Waals surface area (Å²) < 4.78 is 11.7. The third-order valence-electron chi connectivity index (χ3n) is 5.97. The molecule has 2 unspecified atom stereocenters. The molecule has 7 heteroatoms. The molecule has 3 saturated heterocycles. The summed E-state index contributed by atoms with van der Waals surface area (Å²) in [6.45, 7) is 8.03. The summed E-state index contributed by atoms with van der Waals surface area (Å²) in [5.74, 6) is 1.03. The first-order valence-corrected chi connectivity index (χ1v) is 10.2. The van der Waals surface area contributed by atoms with Crippen molar-refractivity contribution in [3.05, 3.63) is 0 Å². The third kappa shape index (κ3) is 5.55. The number of hydrogen-bond acceptors (Lipinski definition) is 5. The summed E-state index contributed by atoms with van der Waals surface area (Å²) in [6.07, 6.45) is 5.17. The van der Waals surface area contributed by atoms with E-state index in [2.05, 4.69) is 39.1 Å². The Morgan fingerprint density at radius 3 is 2.65 bits per heavy atom. The fourth-order valence-electron chi connectivity index (χ4n) is 4.12. The number of nitrogens with zero attached hydrogens (tertiary/aromatic N) is 4. The average Bonchev–Trinajstić information content (AvgIpc) is 3.18. The molecule has 150 valence electrons. The van der Waals surface area contributed by atoms with Gasteiger partial charge in [-0.05, 0) is 39.8 Å². The van der Waals surface area contributed by atoms with Crippen LogP contribution in [0.1, 0.15) is 25.7 Å². The Morgan fingerprint density at radius 2 is 1.96 bits per heavy atom. The minimum absolute atomic E-state index is 0.327. The van der Waals surface area contributed by atoms with Crippen molar-refractivity contribution in [2.24, 2.45) is 4.99 Å². The summed E-state index contributed by atoms with van der Waals surface area (Å²) >= 11 is 0. The van der Waals surface area contributed by atoms with E-state index in [1.165, 1.54) is 6.42 Å². The first-order valence-electron chi connectivity index (χ1n) is 10.2. The lowest BCUT2D eigenvalue weighted by molar-refractivity contribution is -0.0367. The Kier molecular flexibility index (Phi) is 7.54. The highest BCUT2D eigenvalue weighted by molar-refractivity contribution is 5.80. The molecule has 7 nitrogen and oxygen atoms in total. The summed E-state index contributed by atoms with van der Waals surface area (Å²) in [7, 11) is 6.31. The van der Waals surface area contributed by atoms with Crippen LogP contribution in [0.4, 0.5) is 0 Å². The fraction of sp³-hybridized carbons (Fsp3) is 0.947. The van der Waals surface area contributed by atoms with Gasteiger partial charge in [-0.15, -0.1) is 0 Å². The first-order chi connectivity index (χ1) is 12.7. The van der Waals surface area contributed by atoms with E-state index >= 15 is 0 Å². The van der Waals surface area contributed by atoms with Gasteiger partial charge in [0.05, 0.1) is 18.8 Å². The van der Waals surface area contributed by atoms with Gasteiger partial charge in [0.25, 0.3) is 0 Å². The minimum atomic E-state index is 0.327. The smallest absolute Gasteiger partial charge is 0.193 e. The topological polar surface area (TPSA) is 52.6 Å². The van der Waals surface area contributed by atoms with Crippen molar-refractivity contribution in [3.63, 3.8) is 0 Å². The molecule has 3 heterocycles. The van der Waals surface area contributed by atoms with Crippen molar-refractivity contribution in [1.29, 1.82) is 0 Å². The van der Waals surface area contributed by atoms with E-state index in [1.807, 2.05) is 7.05 Å². The van der Waals surface area contributed by atoms with Gasteiger partial charge in [0, 0.05) is 59.0 Å². The lowest BCUT2D eigenvalue weighted by atomic mass is 10.1. The van der Waals surface area contributed by atoms with E-state index < -0.39 is 0 Å². The van der Waals surface area contributed by atoms with E-state index in [4.69, 9.17) is 9.47 Å². The Bertz CT molecular complexity index is 447. The Hall–Kier alpha value is -0.890. The lowest BCUT2D eigenvalue weighted by Crippen LogP contribution is -2.56. The third-order valence-corrected chi connectivity index (χ3v) is 5.97. The second kappa shape index (κ2) is 9.88. The molecule has 0 saturated carbocycles. The van der Waals surface area contributed by atoms with E-state index in [-0.39, 0.29) is 0 Å². The van der Waals surface area contributed by atoms with Gasteiger partial charge in [0.1, 0.15) is 0 Å². The van der Waals surface area contributed by atoms with Gasteiger partial charge in [-0.3, -0.25) is 9.89 Å². The van der Waals surface area contributed by atoms with Crippen LogP contribution < -0.4 is 5.32 Å². The molecule has 0 bridgehead atoms. The minimum Gasteiger partial charge on any atom is -0.376 e. The van der Waals surface area contributed by atoms with E-state index in [9.17, 15) is 0 Å². The Balaban J connectivity index is 1.37. The van der Waals surface area contributed by atoms with Crippen molar-refractivity contribution in [2.75, 3.05) is 73.6 Å². The number of hydrogen-bond donors (Lipinski definition) is 1. The molecule has 0 aromatic rings.